The summed E-state index contributed by atoms with van der Waals surface area (Å²) in [5, 5.41) is 0. The summed E-state index contributed by atoms with van der Waals surface area (Å²) in [5.74, 6) is 0. The number of aromatic nitrogens is 2. The molecule has 0 aliphatic carbocycles. The maximum atomic E-state index is 4.20. The monoisotopic (exact) mass is 288 g/mol. The fraction of sp³-hybridized carbons (Fsp3) is 0. The van der Waals surface area contributed by atoms with Crippen molar-refractivity contribution in [1.82, 2.24) is 9.97 Å². The molecule has 0 amide bonds. The van der Waals surface area contributed by atoms with Gasteiger partial charge in [0.1, 0.15) is 3.70 Å². The van der Waals surface area contributed by atoms with Crippen molar-refractivity contribution >= 4 is 33.9 Å². The fourth-order valence-corrected chi connectivity index (χ4v) is 1.81. The largest absolute Gasteiger partial charge is 0.252 e. The van der Waals surface area contributed by atoms with Crippen LogP contribution in [0, 0.1) is 3.70 Å². The molecule has 0 saturated heterocycles. The summed E-state index contributed by atoms with van der Waals surface area (Å²) < 4.78 is 1.01. The minimum atomic E-state index is 1.01. The van der Waals surface area contributed by atoms with Gasteiger partial charge in [0.05, 0.1) is 10.4 Å². The molecule has 0 radical (unpaired) electrons. The third-order valence-electron chi connectivity index (χ3n) is 1.44. The molecule has 2 aromatic heterocycles. The molecule has 0 unspecified atom stereocenters. The Kier molecular flexibility index (Phi) is 2.36. The van der Waals surface area contributed by atoms with Crippen molar-refractivity contribution in [2.75, 3.05) is 0 Å². The molecule has 2 rings (SSSR count). The van der Waals surface area contributed by atoms with Crippen LogP contribution in [0.5, 0.6) is 0 Å². The van der Waals surface area contributed by atoms with Crippen LogP contribution < -0.4 is 0 Å². The van der Waals surface area contributed by atoms with Crippen LogP contribution in [0.25, 0.3) is 10.4 Å². The van der Waals surface area contributed by atoms with Gasteiger partial charge in [0.25, 0.3) is 0 Å². The van der Waals surface area contributed by atoms with Gasteiger partial charge in [0.2, 0.25) is 0 Å². The van der Waals surface area contributed by atoms with Gasteiger partial charge in [0, 0.05) is 18.0 Å². The van der Waals surface area contributed by atoms with Crippen molar-refractivity contribution in [2.24, 2.45) is 0 Å². The molecular formula is C8H5IN2S. The Balaban J connectivity index is 2.43. The molecule has 0 spiro atoms. The smallest absolute Gasteiger partial charge is 0.101 e. The molecule has 2 aromatic rings. The first-order valence-electron chi connectivity index (χ1n) is 3.37. The third kappa shape index (κ3) is 1.64. The molecule has 0 aliphatic heterocycles. The summed E-state index contributed by atoms with van der Waals surface area (Å²) in [6.07, 6.45) is 3.73. The number of rotatable bonds is 1. The Morgan fingerprint density at radius 2 is 2.17 bits per heavy atom. The highest BCUT2D eigenvalue weighted by molar-refractivity contribution is 14.1. The second kappa shape index (κ2) is 3.49. The lowest BCUT2D eigenvalue weighted by atomic mass is 10.3. The summed E-state index contributed by atoms with van der Waals surface area (Å²) in [7, 11) is 0. The molecular weight excluding hydrogens is 283 g/mol. The van der Waals surface area contributed by atoms with Gasteiger partial charge < -0.3 is 0 Å². The van der Waals surface area contributed by atoms with Gasteiger partial charge in [0.15, 0.2) is 0 Å². The summed E-state index contributed by atoms with van der Waals surface area (Å²) in [6.45, 7) is 0. The predicted molar refractivity (Wildman–Crippen MR) is 58.1 cm³/mol. The van der Waals surface area contributed by atoms with Crippen molar-refractivity contribution in [3.63, 3.8) is 0 Å². The van der Waals surface area contributed by atoms with Gasteiger partial charge in [-0.05, 0) is 34.7 Å². The quantitative estimate of drug-likeness (QED) is 0.595. The molecule has 0 aliphatic rings. The zero-order valence-electron chi connectivity index (χ0n) is 6.07. The first-order valence-corrected chi connectivity index (χ1v) is 5.32. The van der Waals surface area contributed by atoms with E-state index < -0.39 is 0 Å². The summed E-state index contributed by atoms with van der Waals surface area (Å²) in [6, 6.07) is 4.05. The molecule has 0 N–H and O–H groups in total. The Morgan fingerprint density at radius 3 is 2.75 bits per heavy atom. The number of nitrogens with zero attached hydrogens (tertiary/aromatic N) is 2. The van der Waals surface area contributed by atoms with Gasteiger partial charge in [-0.15, -0.1) is 11.3 Å². The molecule has 2 heterocycles. The van der Waals surface area contributed by atoms with Gasteiger partial charge >= 0.3 is 0 Å². The molecule has 2 nitrogen and oxygen atoms in total. The van der Waals surface area contributed by atoms with Crippen molar-refractivity contribution in [3.05, 3.63) is 33.7 Å². The summed E-state index contributed by atoms with van der Waals surface area (Å²) >= 11 is 3.82. The zero-order valence-corrected chi connectivity index (χ0v) is 9.04. The molecule has 4 heteroatoms. The number of hydrogen-bond donors (Lipinski definition) is 0. The molecule has 0 saturated carbocycles. The van der Waals surface area contributed by atoms with Crippen LogP contribution in [0.15, 0.2) is 30.0 Å². The first kappa shape index (κ1) is 8.12. The minimum Gasteiger partial charge on any atom is -0.252 e. The van der Waals surface area contributed by atoms with Crippen molar-refractivity contribution < 1.29 is 0 Å². The van der Waals surface area contributed by atoms with Crippen LogP contribution in [0.4, 0.5) is 0 Å². The van der Waals surface area contributed by atoms with Crippen LogP contribution in [0.3, 0.4) is 0 Å². The number of hydrogen-bond acceptors (Lipinski definition) is 3. The highest BCUT2D eigenvalue weighted by Crippen LogP contribution is 2.22. The lowest BCUT2D eigenvalue weighted by Gasteiger charge is -1.94. The van der Waals surface area contributed by atoms with E-state index in [0.29, 0.717) is 0 Å². The maximum absolute atomic E-state index is 4.20. The highest BCUT2D eigenvalue weighted by Gasteiger charge is 1.98. The van der Waals surface area contributed by atoms with E-state index in [0.717, 1.165) is 9.26 Å². The SMILES string of the molecule is Ic1ccc(-c2cncs2)cn1. The van der Waals surface area contributed by atoms with E-state index in [-0.39, 0.29) is 0 Å². The average molecular weight is 288 g/mol. The lowest BCUT2D eigenvalue weighted by Crippen LogP contribution is -1.79. The third-order valence-corrected chi connectivity index (χ3v) is 2.90. The van der Waals surface area contributed by atoms with Gasteiger partial charge in [-0.3, -0.25) is 4.98 Å². The molecule has 0 atom stereocenters. The highest BCUT2D eigenvalue weighted by atomic mass is 127. The van der Waals surface area contributed by atoms with Gasteiger partial charge in [-0.1, -0.05) is 0 Å². The standard InChI is InChI=1S/C8H5IN2S/c9-8-2-1-6(3-11-8)7-4-10-5-12-7/h1-5H. The second-order valence-electron chi connectivity index (χ2n) is 2.24. The average Bonchev–Trinajstić information content (AvgIpc) is 2.58. The van der Waals surface area contributed by atoms with Gasteiger partial charge in [-0.25, -0.2) is 4.98 Å². The Morgan fingerprint density at radius 1 is 1.25 bits per heavy atom. The van der Waals surface area contributed by atoms with Gasteiger partial charge in [-0.2, -0.15) is 0 Å². The van der Waals surface area contributed by atoms with E-state index in [1.54, 1.807) is 11.3 Å². The topological polar surface area (TPSA) is 25.8 Å². The number of thiazole rings is 1. The van der Waals surface area contributed by atoms with Crippen molar-refractivity contribution in [2.45, 2.75) is 0 Å². The van der Waals surface area contributed by atoms with Crippen molar-refractivity contribution in [3.8, 4) is 10.4 Å². The number of halogens is 1. The van der Waals surface area contributed by atoms with E-state index in [9.17, 15) is 0 Å². The van der Waals surface area contributed by atoms with E-state index >= 15 is 0 Å². The van der Waals surface area contributed by atoms with E-state index in [1.807, 2.05) is 24.0 Å². The molecule has 60 valence electrons. The van der Waals surface area contributed by atoms with E-state index in [1.165, 1.54) is 4.88 Å². The van der Waals surface area contributed by atoms with Crippen molar-refractivity contribution in [1.29, 1.82) is 0 Å². The normalized spacial score (nSPS) is 10.1. The first-order chi connectivity index (χ1) is 5.86. The van der Waals surface area contributed by atoms with E-state index in [4.69, 9.17) is 0 Å². The summed E-state index contributed by atoms with van der Waals surface area (Å²) in [4.78, 5) is 9.38. The van der Waals surface area contributed by atoms with Crippen LogP contribution in [-0.4, -0.2) is 9.97 Å². The maximum Gasteiger partial charge on any atom is 0.101 e. The fourth-order valence-electron chi connectivity index (χ4n) is 0.880. The van der Waals surface area contributed by atoms with Crippen LogP contribution in [0.1, 0.15) is 0 Å². The zero-order chi connectivity index (χ0) is 8.39. The molecule has 0 fully saturated rings. The van der Waals surface area contributed by atoms with E-state index in [2.05, 4.69) is 38.6 Å². The van der Waals surface area contributed by atoms with Crippen LogP contribution in [-0.2, 0) is 0 Å². The lowest BCUT2D eigenvalue weighted by molar-refractivity contribution is 1.27. The number of pyridine rings is 1. The molecule has 12 heavy (non-hydrogen) atoms. The second-order valence-corrected chi connectivity index (χ2v) is 4.23. The molecule has 0 aromatic carbocycles. The van der Waals surface area contributed by atoms with Crippen LogP contribution in [0.2, 0.25) is 0 Å². The summed E-state index contributed by atoms with van der Waals surface area (Å²) in [5.41, 5.74) is 2.96. The Labute approximate surface area is 87.8 Å². The Bertz CT molecular complexity index is 355. The minimum absolute atomic E-state index is 1.01. The Hall–Kier alpha value is -0.490. The molecule has 0 bridgehead atoms. The predicted octanol–water partition coefficient (Wildman–Crippen LogP) is 2.81. The van der Waals surface area contributed by atoms with Crippen LogP contribution >= 0.6 is 33.9 Å².